The Morgan fingerprint density at radius 1 is 1.11 bits per heavy atom. The highest BCUT2D eigenvalue weighted by Gasteiger charge is 2.22. The number of methoxy groups -OCH3 is 1. The molecular weight excluding hydrogens is 533 g/mol. The molecule has 0 saturated heterocycles. The number of non-ortho nitro benzene ring substituents is 1. The zero-order chi connectivity index (χ0) is 26.5. The first-order valence-electron chi connectivity index (χ1n) is 9.80. The predicted molar refractivity (Wildman–Crippen MR) is 133 cm³/mol. The average Bonchev–Trinajstić information content (AvgIpc) is 2.85. The first-order chi connectivity index (χ1) is 17.1. The van der Waals surface area contributed by atoms with Gasteiger partial charge >= 0.3 is 10.1 Å². The maximum absolute atomic E-state index is 12.6. The van der Waals surface area contributed by atoms with Crippen molar-refractivity contribution >= 4 is 56.7 Å². The number of hydrogen-bond acceptors (Lipinski definition) is 8. The Morgan fingerprint density at radius 3 is 2.50 bits per heavy atom. The molecule has 0 fully saturated rings. The number of benzene rings is 3. The molecule has 184 valence electrons. The summed E-state index contributed by atoms with van der Waals surface area (Å²) >= 11 is 12.0. The van der Waals surface area contributed by atoms with Crippen molar-refractivity contribution in [2.75, 3.05) is 12.4 Å². The topological polar surface area (TPSA) is 149 Å². The quantitative estimate of drug-likeness (QED) is 0.132. The van der Waals surface area contributed by atoms with Crippen LogP contribution in [0.1, 0.15) is 5.56 Å². The molecule has 0 atom stereocenters. The number of anilines is 1. The molecule has 0 aliphatic heterocycles. The fraction of sp³-hybridized carbons (Fsp3) is 0.0435. The van der Waals surface area contributed by atoms with Crippen LogP contribution in [-0.4, -0.2) is 26.4 Å². The van der Waals surface area contributed by atoms with E-state index in [1.54, 1.807) is 12.1 Å². The van der Waals surface area contributed by atoms with Gasteiger partial charge in [0.25, 0.3) is 11.6 Å². The van der Waals surface area contributed by atoms with E-state index in [2.05, 4.69) is 5.32 Å². The molecule has 3 rings (SSSR count). The highest BCUT2D eigenvalue weighted by atomic mass is 35.5. The molecule has 0 unspecified atom stereocenters. The van der Waals surface area contributed by atoms with Gasteiger partial charge in [0.1, 0.15) is 16.5 Å². The van der Waals surface area contributed by atoms with Gasteiger partial charge in [0.05, 0.1) is 27.8 Å². The van der Waals surface area contributed by atoms with Crippen molar-refractivity contribution in [3.8, 4) is 17.6 Å². The molecule has 10 nitrogen and oxygen atoms in total. The summed E-state index contributed by atoms with van der Waals surface area (Å²) in [4.78, 5) is 22.4. The van der Waals surface area contributed by atoms with E-state index in [9.17, 15) is 28.6 Å². The number of hydrogen-bond donors (Lipinski definition) is 1. The summed E-state index contributed by atoms with van der Waals surface area (Å²) in [5, 5.41) is 23.2. The molecule has 1 amide bonds. The molecule has 1 N–H and O–H groups in total. The molecular formula is C23H15Cl2N3O7S. The second kappa shape index (κ2) is 11.1. The van der Waals surface area contributed by atoms with Crippen molar-refractivity contribution in [2.24, 2.45) is 0 Å². The predicted octanol–water partition coefficient (Wildman–Crippen LogP) is 5.22. The fourth-order valence-corrected chi connectivity index (χ4v) is 4.20. The van der Waals surface area contributed by atoms with Crippen LogP contribution in [0.25, 0.3) is 6.08 Å². The lowest BCUT2D eigenvalue weighted by molar-refractivity contribution is -0.385. The Morgan fingerprint density at radius 2 is 1.83 bits per heavy atom. The van der Waals surface area contributed by atoms with E-state index in [1.165, 1.54) is 49.6 Å². The van der Waals surface area contributed by atoms with Crippen LogP contribution in [0.3, 0.4) is 0 Å². The maximum atomic E-state index is 12.6. The molecule has 0 aliphatic carbocycles. The molecule has 0 saturated carbocycles. The maximum Gasteiger partial charge on any atom is 0.339 e. The summed E-state index contributed by atoms with van der Waals surface area (Å²) in [6.07, 6.45) is 1.25. The van der Waals surface area contributed by atoms with Crippen molar-refractivity contribution in [2.45, 2.75) is 4.90 Å². The van der Waals surface area contributed by atoms with Gasteiger partial charge < -0.3 is 14.2 Å². The van der Waals surface area contributed by atoms with Gasteiger partial charge in [-0.15, -0.1) is 0 Å². The zero-order valence-electron chi connectivity index (χ0n) is 18.3. The Hall–Kier alpha value is -4.11. The molecule has 0 spiro atoms. The SMILES string of the molecule is COc1cc(/C=C(\C#N)C(=O)Nc2cccc(Cl)c2Cl)ccc1OS(=O)(=O)c1cccc([N+](=O)[O-])c1. The van der Waals surface area contributed by atoms with Crippen LogP contribution in [-0.2, 0) is 14.9 Å². The molecule has 0 aromatic heterocycles. The lowest BCUT2D eigenvalue weighted by atomic mass is 10.1. The van der Waals surface area contributed by atoms with Crippen LogP contribution in [0, 0.1) is 21.4 Å². The summed E-state index contributed by atoms with van der Waals surface area (Å²) in [6, 6.07) is 14.8. The number of carbonyl (C=O) groups is 1. The van der Waals surface area contributed by atoms with Crippen LogP contribution < -0.4 is 14.2 Å². The lowest BCUT2D eigenvalue weighted by Crippen LogP contribution is -2.13. The van der Waals surface area contributed by atoms with E-state index in [-0.39, 0.29) is 32.8 Å². The van der Waals surface area contributed by atoms with Crippen molar-refractivity contribution in [1.82, 2.24) is 0 Å². The summed E-state index contributed by atoms with van der Waals surface area (Å²) in [7, 11) is -3.18. The number of nitro groups is 1. The summed E-state index contributed by atoms with van der Waals surface area (Å²) in [6.45, 7) is 0. The zero-order valence-corrected chi connectivity index (χ0v) is 20.6. The normalized spacial score (nSPS) is 11.3. The van der Waals surface area contributed by atoms with E-state index in [0.29, 0.717) is 5.56 Å². The van der Waals surface area contributed by atoms with Crippen LogP contribution in [0.2, 0.25) is 10.0 Å². The lowest BCUT2D eigenvalue weighted by Gasteiger charge is -2.12. The van der Waals surface area contributed by atoms with Crippen molar-refractivity contribution in [3.63, 3.8) is 0 Å². The minimum Gasteiger partial charge on any atom is -0.493 e. The second-order valence-electron chi connectivity index (χ2n) is 6.93. The standard InChI is InChI=1S/C23H15Cl2N3O7S/c1-34-21-11-14(10-15(13-26)23(29)27-19-7-3-6-18(24)22(19)25)8-9-20(21)35-36(32,33)17-5-2-4-16(12-17)28(30)31/h2-12H,1H3,(H,27,29)/b15-10+. The van der Waals surface area contributed by atoms with E-state index in [0.717, 1.165) is 18.2 Å². The third-order valence-electron chi connectivity index (χ3n) is 4.58. The Balaban J connectivity index is 1.87. The summed E-state index contributed by atoms with van der Waals surface area (Å²) in [5.41, 5.74) is -0.182. The Bertz CT molecular complexity index is 1530. The van der Waals surface area contributed by atoms with Crippen molar-refractivity contribution in [1.29, 1.82) is 5.26 Å². The van der Waals surface area contributed by atoms with Crippen molar-refractivity contribution < 1.29 is 27.1 Å². The van der Waals surface area contributed by atoms with Gasteiger partial charge in [-0.2, -0.15) is 13.7 Å². The number of amides is 1. The van der Waals surface area contributed by atoms with E-state index < -0.39 is 31.5 Å². The molecule has 3 aromatic rings. The highest BCUT2D eigenvalue weighted by molar-refractivity contribution is 7.87. The molecule has 0 bridgehead atoms. The first kappa shape index (κ1) is 26.5. The largest absolute Gasteiger partial charge is 0.493 e. The van der Waals surface area contributed by atoms with Crippen LogP contribution in [0.4, 0.5) is 11.4 Å². The van der Waals surface area contributed by atoms with Gasteiger partial charge in [0.15, 0.2) is 11.5 Å². The third kappa shape index (κ3) is 6.11. The summed E-state index contributed by atoms with van der Waals surface area (Å²) < 4.78 is 35.6. The smallest absolute Gasteiger partial charge is 0.339 e. The van der Waals surface area contributed by atoms with Gasteiger partial charge in [-0.05, 0) is 42.0 Å². The van der Waals surface area contributed by atoms with Crippen LogP contribution in [0.5, 0.6) is 11.5 Å². The van der Waals surface area contributed by atoms with Crippen LogP contribution >= 0.6 is 23.2 Å². The Kier molecular flexibility index (Phi) is 8.16. The molecule has 0 heterocycles. The highest BCUT2D eigenvalue weighted by Crippen LogP contribution is 2.33. The molecule has 3 aromatic carbocycles. The van der Waals surface area contributed by atoms with E-state index in [4.69, 9.17) is 32.1 Å². The van der Waals surface area contributed by atoms with Gasteiger partial charge in [-0.25, -0.2) is 0 Å². The van der Waals surface area contributed by atoms with Crippen LogP contribution in [0.15, 0.2) is 71.1 Å². The van der Waals surface area contributed by atoms with Crippen molar-refractivity contribution in [3.05, 3.63) is 92.0 Å². The van der Waals surface area contributed by atoms with Gasteiger partial charge in [0, 0.05) is 12.1 Å². The minimum atomic E-state index is -4.44. The number of rotatable bonds is 8. The van der Waals surface area contributed by atoms with E-state index >= 15 is 0 Å². The second-order valence-corrected chi connectivity index (χ2v) is 9.26. The third-order valence-corrected chi connectivity index (χ3v) is 6.63. The number of nitrogens with zero attached hydrogens (tertiary/aromatic N) is 2. The monoisotopic (exact) mass is 547 g/mol. The Labute approximate surface area is 215 Å². The van der Waals surface area contributed by atoms with Gasteiger partial charge in [-0.3, -0.25) is 14.9 Å². The molecule has 13 heteroatoms. The number of nitriles is 1. The number of carbonyl (C=O) groups excluding carboxylic acids is 1. The molecule has 36 heavy (non-hydrogen) atoms. The fourth-order valence-electron chi connectivity index (χ4n) is 2.87. The summed E-state index contributed by atoms with van der Waals surface area (Å²) in [5.74, 6) is -1.00. The molecule has 0 aliphatic rings. The minimum absolute atomic E-state index is 0.0339. The number of halogens is 2. The number of nitrogens with one attached hydrogen (secondary N) is 1. The molecule has 0 radical (unpaired) electrons. The van der Waals surface area contributed by atoms with Gasteiger partial charge in [-0.1, -0.05) is 41.4 Å². The van der Waals surface area contributed by atoms with E-state index in [1.807, 2.05) is 0 Å². The number of nitro benzene ring substituents is 1. The average molecular weight is 548 g/mol. The van der Waals surface area contributed by atoms with Gasteiger partial charge in [0.2, 0.25) is 0 Å². The first-order valence-corrected chi connectivity index (χ1v) is 12.0. The number of ether oxygens (including phenoxy) is 1.